The topological polar surface area (TPSA) is 141 Å². The van der Waals surface area contributed by atoms with Gasteiger partial charge in [-0.2, -0.15) is 0 Å². The highest BCUT2D eigenvalue weighted by atomic mass is 16.5. The normalized spacial score (nSPS) is 14.0. The molecule has 0 radical (unpaired) electrons. The van der Waals surface area contributed by atoms with E-state index in [9.17, 15) is 10.2 Å². The summed E-state index contributed by atoms with van der Waals surface area (Å²) in [5, 5.41) is 27.3. The lowest BCUT2D eigenvalue weighted by Gasteiger charge is -2.17. The molecule has 0 aliphatic rings. The van der Waals surface area contributed by atoms with Gasteiger partial charge in [0.15, 0.2) is 11.4 Å². The van der Waals surface area contributed by atoms with E-state index >= 15 is 0 Å². The Labute approximate surface area is 108 Å². The Hall–Kier alpha value is -2.28. The minimum atomic E-state index is -1.09. The number of anilines is 1. The highest BCUT2D eigenvalue weighted by molar-refractivity contribution is 5.87. The SMILES string of the molecule is [N-]=[N+]=NCCC(O)C(O)c1ccc2onc(N)c2c1. The molecule has 0 amide bonds. The van der Waals surface area contributed by atoms with E-state index in [0.717, 1.165) is 0 Å². The quantitative estimate of drug-likeness (QED) is 0.425. The number of rotatable bonds is 5. The molecular weight excluding hydrogens is 250 g/mol. The second-order valence-electron chi connectivity index (χ2n) is 4.08. The summed E-state index contributed by atoms with van der Waals surface area (Å²) in [4.78, 5) is 2.58. The van der Waals surface area contributed by atoms with Gasteiger partial charge in [-0.05, 0) is 29.6 Å². The maximum Gasteiger partial charge on any atom is 0.174 e. The van der Waals surface area contributed by atoms with Crippen LogP contribution in [0.2, 0.25) is 0 Å². The van der Waals surface area contributed by atoms with E-state index in [1.54, 1.807) is 18.2 Å². The Kier molecular flexibility index (Phi) is 3.86. The van der Waals surface area contributed by atoms with Gasteiger partial charge in [0.25, 0.3) is 0 Å². The van der Waals surface area contributed by atoms with Gasteiger partial charge in [0, 0.05) is 11.5 Å². The summed E-state index contributed by atoms with van der Waals surface area (Å²) in [6, 6.07) is 4.86. The van der Waals surface area contributed by atoms with Crippen molar-refractivity contribution in [2.45, 2.75) is 18.6 Å². The van der Waals surface area contributed by atoms with Crippen LogP contribution in [0.3, 0.4) is 0 Å². The largest absolute Gasteiger partial charge is 0.390 e. The molecule has 0 aliphatic carbocycles. The summed E-state index contributed by atoms with van der Waals surface area (Å²) in [5.41, 5.74) is 14.8. The van der Waals surface area contributed by atoms with Crippen LogP contribution in [0.25, 0.3) is 21.4 Å². The highest BCUT2D eigenvalue weighted by Crippen LogP contribution is 2.26. The van der Waals surface area contributed by atoms with E-state index < -0.39 is 12.2 Å². The average Bonchev–Trinajstić information content (AvgIpc) is 2.79. The van der Waals surface area contributed by atoms with Crippen molar-refractivity contribution in [3.8, 4) is 0 Å². The molecule has 8 nitrogen and oxygen atoms in total. The van der Waals surface area contributed by atoms with Gasteiger partial charge in [0.2, 0.25) is 0 Å². The molecule has 0 bridgehead atoms. The molecule has 0 saturated heterocycles. The molecule has 1 aromatic carbocycles. The van der Waals surface area contributed by atoms with Crippen molar-refractivity contribution >= 4 is 16.8 Å². The molecule has 4 N–H and O–H groups in total. The number of nitrogens with zero attached hydrogens (tertiary/aromatic N) is 4. The summed E-state index contributed by atoms with van der Waals surface area (Å²) < 4.78 is 4.95. The van der Waals surface area contributed by atoms with Crippen molar-refractivity contribution in [2.75, 3.05) is 12.3 Å². The van der Waals surface area contributed by atoms with Gasteiger partial charge in [-0.15, -0.1) is 0 Å². The van der Waals surface area contributed by atoms with Crippen molar-refractivity contribution in [1.82, 2.24) is 5.16 Å². The first-order valence-electron chi connectivity index (χ1n) is 5.65. The molecule has 2 unspecified atom stereocenters. The van der Waals surface area contributed by atoms with E-state index in [0.29, 0.717) is 16.5 Å². The van der Waals surface area contributed by atoms with Crippen LogP contribution in [0.5, 0.6) is 0 Å². The molecule has 1 aromatic heterocycles. The Bertz CT molecular complexity index is 620. The van der Waals surface area contributed by atoms with Gasteiger partial charge < -0.3 is 20.5 Å². The van der Waals surface area contributed by atoms with Crippen LogP contribution in [0.15, 0.2) is 27.8 Å². The number of aliphatic hydroxyl groups is 2. The molecule has 19 heavy (non-hydrogen) atoms. The van der Waals surface area contributed by atoms with Gasteiger partial charge in [-0.25, -0.2) is 0 Å². The fourth-order valence-electron chi connectivity index (χ4n) is 1.77. The van der Waals surface area contributed by atoms with Gasteiger partial charge in [-0.3, -0.25) is 0 Å². The smallest absolute Gasteiger partial charge is 0.174 e. The average molecular weight is 263 g/mol. The number of nitrogens with two attached hydrogens (primary N) is 1. The molecule has 8 heteroatoms. The van der Waals surface area contributed by atoms with E-state index in [4.69, 9.17) is 15.8 Å². The molecule has 2 aromatic rings. The molecule has 0 fully saturated rings. The van der Waals surface area contributed by atoms with E-state index in [-0.39, 0.29) is 18.8 Å². The molecule has 2 atom stereocenters. The Morgan fingerprint density at radius 2 is 2.26 bits per heavy atom. The fraction of sp³-hybridized carbons (Fsp3) is 0.364. The van der Waals surface area contributed by atoms with Crippen molar-refractivity contribution in [2.24, 2.45) is 5.11 Å². The zero-order chi connectivity index (χ0) is 13.8. The zero-order valence-corrected chi connectivity index (χ0v) is 9.97. The summed E-state index contributed by atoms with van der Waals surface area (Å²) >= 11 is 0. The zero-order valence-electron chi connectivity index (χ0n) is 9.97. The highest BCUT2D eigenvalue weighted by Gasteiger charge is 2.19. The first-order valence-corrected chi connectivity index (χ1v) is 5.65. The van der Waals surface area contributed by atoms with Crippen molar-refractivity contribution in [3.05, 3.63) is 34.2 Å². The summed E-state index contributed by atoms with van der Waals surface area (Å²) in [6.45, 7) is 0.117. The van der Waals surface area contributed by atoms with E-state index in [1.165, 1.54) is 0 Å². The van der Waals surface area contributed by atoms with Crippen LogP contribution >= 0.6 is 0 Å². The van der Waals surface area contributed by atoms with Gasteiger partial charge >= 0.3 is 0 Å². The number of aromatic nitrogens is 1. The van der Waals surface area contributed by atoms with Gasteiger partial charge in [-0.1, -0.05) is 16.3 Å². The minimum Gasteiger partial charge on any atom is -0.390 e. The van der Waals surface area contributed by atoms with Crippen LogP contribution in [0.1, 0.15) is 18.1 Å². The van der Waals surface area contributed by atoms with Crippen LogP contribution in [0, 0.1) is 0 Å². The molecular formula is C11H13N5O3. The lowest BCUT2D eigenvalue weighted by atomic mass is 10.0. The third-order valence-electron chi connectivity index (χ3n) is 2.82. The number of benzene rings is 1. The third kappa shape index (κ3) is 2.76. The van der Waals surface area contributed by atoms with Crippen molar-refractivity contribution < 1.29 is 14.7 Å². The second-order valence-corrected chi connectivity index (χ2v) is 4.08. The predicted molar refractivity (Wildman–Crippen MR) is 68.0 cm³/mol. The number of aliphatic hydroxyl groups excluding tert-OH is 2. The monoisotopic (exact) mass is 263 g/mol. The number of hydrogen-bond donors (Lipinski definition) is 3. The maximum atomic E-state index is 10.00. The van der Waals surface area contributed by atoms with Crippen molar-refractivity contribution in [3.63, 3.8) is 0 Å². The fourth-order valence-corrected chi connectivity index (χ4v) is 1.77. The molecule has 100 valence electrons. The first kappa shape index (κ1) is 13.2. The molecule has 0 spiro atoms. The Morgan fingerprint density at radius 1 is 1.47 bits per heavy atom. The number of hydrogen-bond acceptors (Lipinski definition) is 6. The number of nitrogen functional groups attached to an aromatic ring is 1. The van der Waals surface area contributed by atoms with Crippen molar-refractivity contribution in [1.29, 1.82) is 0 Å². The van der Waals surface area contributed by atoms with E-state index in [1.807, 2.05) is 0 Å². The molecule has 1 heterocycles. The summed E-state index contributed by atoms with van der Waals surface area (Å²) in [7, 11) is 0. The van der Waals surface area contributed by atoms with Crippen LogP contribution in [-0.2, 0) is 0 Å². The summed E-state index contributed by atoms with van der Waals surface area (Å²) in [6.07, 6.45) is -1.95. The molecule has 0 aliphatic heterocycles. The molecule has 2 rings (SSSR count). The van der Waals surface area contributed by atoms with E-state index in [2.05, 4.69) is 15.2 Å². The van der Waals surface area contributed by atoms with Crippen LogP contribution in [0.4, 0.5) is 5.82 Å². The van der Waals surface area contributed by atoms with Crippen LogP contribution in [-0.4, -0.2) is 28.0 Å². The van der Waals surface area contributed by atoms with Gasteiger partial charge in [0.05, 0.1) is 11.5 Å². The summed E-state index contributed by atoms with van der Waals surface area (Å²) in [5.74, 6) is 0.229. The van der Waals surface area contributed by atoms with Gasteiger partial charge in [0.1, 0.15) is 6.10 Å². The number of azide groups is 1. The lowest BCUT2D eigenvalue weighted by molar-refractivity contribution is 0.0151. The predicted octanol–water partition coefficient (Wildman–Crippen LogP) is 1.50. The maximum absolute atomic E-state index is 10.00. The number of fused-ring (bicyclic) bond motifs is 1. The standard InChI is InChI=1S/C11H13N5O3/c12-11-7-5-6(1-2-9(7)19-15-11)10(18)8(17)3-4-14-16-13/h1-2,5,8,10,17-18H,3-4H2,(H2,12,15). The van der Waals surface area contributed by atoms with Crippen LogP contribution < -0.4 is 5.73 Å². The minimum absolute atomic E-state index is 0.117. The second kappa shape index (κ2) is 5.57. The Balaban J connectivity index is 2.17. The first-order chi connectivity index (χ1) is 9.13. The third-order valence-corrected chi connectivity index (χ3v) is 2.82. The lowest BCUT2D eigenvalue weighted by Crippen LogP contribution is -2.19. The Morgan fingerprint density at radius 3 is 3.00 bits per heavy atom. The molecule has 0 saturated carbocycles.